The zero-order valence-electron chi connectivity index (χ0n) is 13.2. The molecule has 0 saturated carbocycles. The summed E-state index contributed by atoms with van der Waals surface area (Å²) in [6.07, 6.45) is 1.88. The minimum Gasteiger partial charge on any atom is -0.491 e. The van der Waals surface area contributed by atoms with Gasteiger partial charge in [0.2, 0.25) is 0 Å². The van der Waals surface area contributed by atoms with Crippen LogP contribution in [0.4, 0.5) is 5.69 Å². The summed E-state index contributed by atoms with van der Waals surface area (Å²) in [6.45, 7) is 2.71. The first-order chi connectivity index (χ1) is 11.3. The smallest absolute Gasteiger partial charge is 0.122 e. The third kappa shape index (κ3) is 4.63. The van der Waals surface area contributed by atoms with E-state index in [-0.39, 0.29) is 13.2 Å². The minimum atomic E-state index is -0.659. The van der Waals surface area contributed by atoms with Crippen LogP contribution in [0.3, 0.4) is 0 Å². The molecule has 1 saturated heterocycles. The molecule has 2 aromatic carbocycles. The van der Waals surface area contributed by atoms with E-state index < -0.39 is 6.10 Å². The summed E-state index contributed by atoms with van der Waals surface area (Å²) in [6, 6.07) is 17.5. The van der Waals surface area contributed by atoms with Crippen molar-refractivity contribution in [3.63, 3.8) is 0 Å². The van der Waals surface area contributed by atoms with Gasteiger partial charge in [-0.15, -0.1) is 0 Å². The average molecular weight is 313 g/mol. The fourth-order valence-electron chi connectivity index (χ4n) is 2.68. The molecule has 0 bridgehead atoms. The van der Waals surface area contributed by atoms with Gasteiger partial charge in [0.25, 0.3) is 0 Å². The third-order valence-corrected chi connectivity index (χ3v) is 3.94. The fourth-order valence-corrected chi connectivity index (χ4v) is 2.68. The number of hydrogen-bond donors (Lipinski definition) is 1. The highest BCUT2D eigenvalue weighted by molar-refractivity contribution is 5.49. The molecular formula is C19H23NO3. The van der Waals surface area contributed by atoms with Gasteiger partial charge in [-0.1, -0.05) is 18.2 Å². The number of aliphatic hydroxyl groups excluding tert-OH is 1. The largest absolute Gasteiger partial charge is 0.491 e. The van der Waals surface area contributed by atoms with Gasteiger partial charge in [-0.25, -0.2) is 0 Å². The Morgan fingerprint density at radius 2 is 1.39 bits per heavy atom. The highest BCUT2D eigenvalue weighted by atomic mass is 16.5. The molecule has 1 aliphatic heterocycles. The van der Waals surface area contributed by atoms with E-state index in [0.717, 1.165) is 24.6 Å². The Labute approximate surface area is 137 Å². The maximum atomic E-state index is 9.94. The molecule has 3 rings (SSSR count). The number of aliphatic hydroxyl groups is 1. The first kappa shape index (κ1) is 15.7. The number of anilines is 1. The number of ether oxygens (including phenoxy) is 2. The van der Waals surface area contributed by atoms with Crippen LogP contribution >= 0.6 is 0 Å². The molecule has 1 unspecified atom stereocenters. The maximum absolute atomic E-state index is 9.94. The molecule has 4 nitrogen and oxygen atoms in total. The quantitative estimate of drug-likeness (QED) is 0.853. The number of para-hydroxylation sites is 1. The summed E-state index contributed by atoms with van der Waals surface area (Å²) in [5.74, 6) is 1.52. The second-order valence-corrected chi connectivity index (χ2v) is 5.78. The van der Waals surface area contributed by atoms with Gasteiger partial charge >= 0.3 is 0 Å². The predicted molar refractivity (Wildman–Crippen MR) is 91.3 cm³/mol. The predicted octanol–water partition coefficient (Wildman–Crippen LogP) is 3.11. The van der Waals surface area contributed by atoms with E-state index in [1.54, 1.807) is 0 Å². The molecule has 1 aliphatic rings. The van der Waals surface area contributed by atoms with E-state index in [0.29, 0.717) is 0 Å². The molecule has 0 radical (unpaired) electrons. The van der Waals surface area contributed by atoms with Crippen LogP contribution in [0, 0.1) is 0 Å². The lowest BCUT2D eigenvalue weighted by Gasteiger charge is -2.18. The Kier molecular flexibility index (Phi) is 5.37. The lowest BCUT2D eigenvalue weighted by molar-refractivity contribution is 0.0626. The minimum absolute atomic E-state index is 0.218. The lowest BCUT2D eigenvalue weighted by Crippen LogP contribution is -2.25. The highest BCUT2D eigenvalue weighted by Gasteiger charge is 2.12. The number of rotatable bonds is 7. The molecule has 1 heterocycles. The van der Waals surface area contributed by atoms with Crippen LogP contribution in [-0.4, -0.2) is 37.5 Å². The Hall–Kier alpha value is -2.20. The molecule has 23 heavy (non-hydrogen) atoms. The maximum Gasteiger partial charge on any atom is 0.122 e. The molecule has 4 heteroatoms. The SMILES string of the molecule is OC(COc1ccccc1)COc1ccc(N2CCCC2)cc1. The summed E-state index contributed by atoms with van der Waals surface area (Å²) in [4.78, 5) is 2.38. The lowest BCUT2D eigenvalue weighted by atomic mass is 10.3. The Bertz CT molecular complexity index is 579. The van der Waals surface area contributed by atoms with Crippen molar-refractivity contribution in [3.8, 4) is 11.5 Å². The molecule has 0 aromatic heterocycles. The van der Waals surface area contributed by atoms with Crippen LogP contribution in [0.5, 0.6) is 11.5 Å². The van der Waals surface area contributed by atoms with E-state index in [1.165, 1.54) is 18.5 Å². The molecule has 0 amide bonds. The van der Waals surface area contributed by atoms with Crippen molar-refractivity contribution in [2.24, 2.45) is 0 Å². The van der Waals surface area contributed by atoms with Crippen molar-refractivity contribution in [3.05, 3.63) is 54.6 Å². The van der Waals surface area contributed by atoms with Crippen LogP contribution < -0.4 is 14.4 Å². The van der Waals surface area contributed by atoms with Crippen molar-refractivity contribution < 1.29 is 14.6 Å². The topological polar surface area (TPSA) is 41.9 Å². The van der Waals surface area contributed by atoms with E-state index in [1.807, 2.05) is 42.5 Å². The molecule has 0 spiro atoms. The molecular weight excluding hydrogens is 290 g/mol. The van der Waals surface area contributed by atoms with Crippen molar-refractivity contribution in [2.75, 3.05) is 31.2 Å². The van der Waals surface area contributed by atoms with Crippen molar-refractivity contribution in [1.29, 1.82) is 0 Å². The second-order valence-electron chi connectivity index (χ2n) is 5.78. The molecule has 1 fully saturated rings. The van der Waals surface area contributed by atoms with Crippen LogP contribution in [-0.2, 0) is 0 Å². The molecule has 2 aromatic rings. The van der Waals surface area contributed by atoms with Gasteiger partial charge in [0.05, 0.1) is 0 Å². The van der Waals surface area contributed by atoms with Gasteiger partial charge in [0, 0.05) is 18.8 Å². The van der Waals surface area contributed by atoms with Crippen LogP contribution in [0.25, 0.3) is 0 Å². The summed E-state index contributed by atoms with van der Waals surface area (Å²) in [5.41, 5.74) is 1.24. The fraction of sp³-hybridized carbons (Fsp3) is 0.368. The molecule has 1 atom stereocenters. The Morgan fingerprint density at radius 1 is 0.826 bits per heavy atom. The van der Waals surface area contributed by atoms with Gasteiger partial charge < -0.3 is 19.5 Å². The van der Waals surface area contributed by atoms with Gasteiger partial charge in [-0.2, -0.15) is 0 Å². The summed E-state index contributed by atoms with van der Waals surface area (Å²) in [5, 5.41) is 9.94. The van der Waals surface area contributed by atoms with Crippen LogP contribution in [0.2, 0.25) is 0 Å². The van der Waals surface area contributed by atoms with Crippen molar-refractivity contribution in [1.82, 2.24) is 0 Å². The molecule has 1 N–H and O–H groups in total. The Balaban J connectivity index is 1.42. The highest BCUT2D eigenvalue weighted by Crippen LogP contribution is 2.23. The molecule has 0 aliphatic carbocycles. The van der Waals surface area contributed by atoms with E-state index in [4.69, 9.17) is 9.47 Å². The normalized spacial score (nSPS) is 15.4. The standard InChI is InChI=1S/C19H23NO3/c21-17(14-22-18-6-2-1-3-7-18)15-23-19-10-8-16(9-11-19)20-12-4-5-13-20/h1-3,6-11,17,21H,4-5,12-15H2. The average Bonchev–Trinajstić information content (AvgIpc) is 3.14. The van der Waals surface area contributed by atoms with Crippen LogP contribution in [0.1, 0.15) is 12.8 Å². The Morgan fingerprint density at radius 3 is 2.00 bits per heavy atom. The van der Waals surface area contributed by atoms with Gasteiger partial charge in [-0.05, 0) is 49.2 Å². The number of nitrogens with zero attached hydrogens (tertiary/aromatic N) is 1. The number of hydrogen-bond acceptors (Lipinski definition) is 4. The van der Waals surface area contributed by atoms with Crippen molar-refractivity contribution >= 4 is 5.69 Å². The second kappa shape index (κ2) is 7.88. The zero-order chi connectivity index (χ0) is 15.9. The van der Waals surface area contributed by atoms with Gasteiger partial charge in [0.1, 0.15) is 30.8 Å². The van der Waals surface area contributed by atoms with E-state index >= 15 is 0 Å². The first-order valence-electron chi connectivity index (χ1n) is 8.15. The summed E-state index contributed by atoms with van der Waals surface area (Å²) in [7, 11) is 0. The van der Waals surface area contributed by atoms with Crippen LogP contribution in [0.15, 0.2) is 54.6 Å². The van der Waals surface area contributed by atoms with Crippen molar-refractivity contribution in [2.45, 2.75) is 18.9 Å². The van der Waals surface area contributed by atoms with Gasteiger partial charge in [-0.3, -0.25) is 0 Å². The summed E-state index contributed by atoms with van der Waals surface area (Å²) < 4.78 is 11.1. The van der Waals surface area contributed by atoms with E-state index in [2.05, 4.69) is 17.0 Å². The summed E-state index contributed by atoms with van der Waals surface area (Å²) >= 11 is 0. The zero-order valence-corrected chi connectivity index (χ0v) is 13.2. The molecule has 122 valence electrons. The first-order valence-corrected chi connectivity index (χ1v) is 8.15. The monoisotopic (exact) mass is 313 g/mol. The third-order valence-electron chi connectivity index (χ3n) is 3.94. The van der Waals surface area contributed by atoms with E-state index in [9.17, 15) is 5.11 Å². The van der Waals surface area contributed by atoms with Gasteiger partial charge in [0.15, 0.2) is 0 Å². The number of benzene rings is 2.